The predicted molar refractivity (Wildman–Crippen MR) is 55.1 cm³/mol. The molecule has 0 bridgehead atoms. The molecule has 2 rings (SSSR count). The molecule has 13 heavy (non-hydrogen) atoms. The van der Waals surface area contributed by atoms with Crippen molar-refractivity contribution in [2.24, 2.45) is 5.92 Å². The quantitative estimate of drug-likeness (QED) is 0.805. The van der Waals surface area contributed by atoms with E-state index in [4.69, 9.17) is 0 Å². The van der Waals surface area contributed by atoms with E-state index in [-0.39, 0.29) is 0 Å². The van der Waals surface area contributed by atoms with Crippen LogP contribution >= 0.6 is 11.5 Å². The number of nitrogens with one attached hydrogen (secondary N) is 1. The molecule has 0 aromatic carbocycles. The highest BCUT2D eigenvalue weighted by atomic mass is 32.1. The summed E-state index contributed by atoms with van der Waals surface area (Å²) in [4.78, 5) is 4.43. The second kappa shape index (κ2) is 3.62. The fourth-order valence-electron chi connectivity index (χ4n) is 1.22. The second-order valence-corrected chi connectivity index (χ2v) is 4.71. The van der Waals surface area contributed by atoms with Gasteiger partial charge in [-0.1, -0.05) is 0 Å². The molecular weight excluding hydrogens is 182 g/mol. The van der Waals surface area contributed by atoms with Gasteiger partial charge in [0.15, 0.2) is 0 Å². The smallest absolute Gasteiger partial charge is 0.202 e. The van der Waals surface area contributed by atoms with Crippen molar-refractivity contribution in [3.05, 3.63) is 5.82 Å². The number of hydrogen-bond acceptors (Lipinski definition) is 4. The van der Waals surface area contributed by atoms with Gasteiger partial charge in [-0.15, -0.1) is 0 Å². The lowest BCUT2D eigenvalue weighted by Crippen LogP contribution is -2.09. The summed E-state index contributed by atoms with van der Waals surface area (Å²) in [5, 5.41) is 4.23. The summed E-state index contributed by atoms with van der Waals surface area (Å²) in [6.07, 6.45) is 3.81. The summed E-state index contributed by atoms with van der Waals surface area (Å²) < 4.78 is 4.32. The molecule has 0 unspecified atom stereocenters. The van der Waals surface area contributed by atoms with E-state index in [1.54, 1.807) is 0 Å². The van der Waals surface area contributed by atoms with Gasteiger partial charge in [-0.2, -0.15) is 4.37 Å². The number of hydrogen-bond donors (Lipinski definition) is 1. The molecule has 1 fully saturated rings. The molecule has 0 saturated heterocycles. The molecule has 0 radical (unpaired) electrons. The van der Waals surface area contributed by atoms with E-state index in [0.29, 0.717) is 6.04 Å². The van der Waals surface area contributed by atoms with Crippen LogP contribution in [0.4, 0.5) is 5.13 Å². The molecule has 4 heteroatoms. The first-order chi connectivity index (χ1) is 6.24. The van der Waals surface area contributed by atoms with Crippen LogP contribution < -0.4 is 5.32 Å². The number of anilines is 1. The van der Waals surface area contributed by atoms with E-state index >= 15 is 0 Å². The number of aromatic nitrogens is 2. The lowest BCUT2D eigenvalue weighted by Gasteiger charge is -2.03. The van der Waals surface area contributed by atoms with Gasteiger partial charge in [-0.3, -0.25) is 0 Å². The molecule has 0 spiro atoms. The van der Waals surface area contributed by atoms with Crippen LogP contribution in [0.25, 0.3) is 0 Å². The fourth-order valence-corrected chi connectivity index (χ4v) is 1.96. The van der Waals surface area contributed by atoms with E-state index < -0.39 is 0 Å². The average molecular weight is 197 g/mol. The molecule has 1 saturated carbocycles. The zero-order valence-electron chi connectivity index (χ0n) is 8.08. The van der Waals surface area contributed by atoms with E-state index in [1.807, 2.05) is 0 Å². The summed E-state index contributed by atoms with van der Waals surface area (Å²) in [7, 11) is 0. The topological polar surface area (TPSA) is 37.8 Å². The van der Waals surface area contributed by atoms with Crippen molar-refractivity contribution in [2.45, 2.75) is 39.2 Å². The summed E-state index contributed by atoms with van der Waals surface area (Å²) in [5.74, 6) is 1.90. The van der Waals surface area contributed by atoms with E-state index in [0.717, 1.165) is 23.3 Å². The van der Waals surface area contributed by atoms with Gasteiger partial charge in [0.05, 0.1) is 0 Å². The molecule has 1 aromatic heterocycles. The minimum absolute atomic E-state index is 0.446. The van der Waals surface area contributed by atoms with Crippen LogP contribution in [-0.4, -0.2) is 15.4 Å². The molecular formula is C9H15N3S. The molecule has 0 atom stereocenters. The Labute approximate surface area is 82.8 Å². The van der Waals surface area contributed by atoms with Crippen molar-refractivity contribution in [1.82, 2.24) is 9.36 Å². The molecule has 1 heterocycles. The Hall–Kier alpha value is -0.640. The van der Waals surface area contributed by atoms with Gasteiger partial charge in [0, 0.05) is 24.0 Å². The third kappa shape index (κ3) is 2.66. The molecule has 0 amide bonds. The summed E-state index contributed by atoms with van der Waals surface area (Å²) in [6.45, 7) is 4.23. The maximum absolute atomic E-state index is 4.43. The van der Waals surface area contributed by atoms with Crippen molar-refractivity contribution in [3.8, 4) is 0 Å². The van der Waals surface area contributed by atoms with Gasteiger partial charge in [0.2, 0.25) is 5.13 Å². The van der Waals surface area contributed by atoms with Gasteiger partial charge < -0.3 is 5.32 Å². The standard InChI is InChI=1S/C9H15N3S/c1-6(2)10-9-11-8(12-13-9)5-7-3-4-7/h6-7H,3-5H2,1-2H3,(H,10,11,12). The highest BCUT2D eigenvalue weighted by Gasteiger charge is 2.23. The fraction of sp³-hybridized carbons (Fsp3) is 0.778. The van der Waals surface area contributed by atoms with Gasteiger partial charge in [-0.05, 0) is 32.6 Å². The number of rotatable bonds is 4. The van der Waals surface area contributed by atoms with Crippen LogP contribution in [0.5, 0.6) is 0 Å². The number of nitrogens with zero attached hydrogens (tertiary/aromatic N) is 2. The first-order valence-corrected chi connectivity index (χ1v) is 5.60. The largest absolute Gasteiger partial charge is 0.358 e. The first-order valence-electron chi connectivity index (χ1n) is 4.83. The van der Waals surface area contributed by atoms with Gasteiger partial charge in [-0.25, -0.2) is 4.98 Å². The zero-order chi connectivity index (χ0) is 9.26. The zero-order valence-corrected chi connectivity index (χ0v) is 8.90. The van der Waals surface area contributed by atoms with Crippen LogP contribution in [0.15, 0.2) is 0 Å². The monoisotopic (exact) mass is 197 g/mol. The molecule has 1 N–H and O–H groups in total. The maximum atomic E-state index is 4.43. The van der Waals surface area contributed by atoms with Gasteiger partial charge >= 0.3 is 0 Å². The van der Waals surface area contributed by atoms with Gasteiger partial charge in [0.1, 0.15) is 5.82 Å². The molecule has 1 aliphatic carbocycles. The van der Waals surface area contributed by atoms with E-state index in [2.05, 4.69) is 28.5 Å². The molecule has 1 aliphatic rings. The Morgan fingerprint density at radius 2 is 2.31 bits per heavy atom. The van der Waals surface area contributed by atoms with E-state index in [1.165, 1.54) is 24.4 Å². The van der Waals surface area contributed by atoms with Crippen molar-refractivity contribution < 1.29 is 0 Å². The summed E-state index contributed by atoms with van der Waals surface area (Å²) in [6, 6.07) is 0.446. The normalized spacial score (nSPS) is 16.5. The molecule has 72 valence electrons. The van der Waals surface area contributed by atoms with Crippen LogP contribution in [0.2, 0.25) is 0 Å². The summed E-state index contributed by atoms with van der Waals surface area (Å²) >= 11 is 1.48. The Kier molecular flexibility index (Phi) is 2.49. The Balaban J connectivity index is 1.91. The van der Waals surface area contributed by atoms with Crippen molar-refractivity contribution in [2.75, 3.05) is 5.32 Å². The predicted octanol–water partition coefficient (Wildman–Crippen LogP) is 2.31. The Morgan fingerprint density at radius 3 is 2.92 bits per heavy atom. The highest BCUT2D eigenvalue weighted by molar-refractivity contribution is 7.09. The van der Waals surface area contributed by atoms with Crippen molar-refractivity contribution in [3.63, 3.8) is 0 Å². The van der Waals surface area contributed by atoms with Crippen LogP contribution in [-0.2, 0) is 6.42 Å². The Morgan fingerprint density at radius 1 is 1.54 bits per heavy atom. The average Bonchev–Trinajstić information content (AvgIpc) is 2.73. The molecule has 3 nitrogen and oxygen atoms in total. The van der Waals surface area contributed by atoms with Crippen molar-refractivity contribution >= 4 is 16.7 Å². The van der Waals surface area contributed by atoms with E-state index in [9.17, 15) is 0 Å². The summed E-state index contributed by atoms with van der Waals surface area (Å²) in [5.41, 5.74) is 0. The van der Waals surface area contributed by atoms with Crippen LogP contribution in [0.3, 0.4) is 0 Å². The maximum Gasteiger partial charge on any atom is 0.202 e. The second-order valence-electron chi connectivity index (χ2n) is 3.96. The highest BCUT2D eigenvalue weighted by Crippen LogP contribution is 2.32. The first kappa shape index (κ1) is 8.94. The molecule has 1 aromatic rings. The SMILES string of the molecule is CC(C)Nc1nc(CC2CC2)ns1. The Bertz CT molecular complexity index is 260. The molecule has 0 aliphatic heterocycles. The third-order valence-corrected chi connectivity index (χ3v) is 2.73. The third-order valence-electron chi connectivity index (χ3n) is 2.05. The lowest BCUT2D eigenvalue weighted by molar-refractivity contribution is 0.786. The van der Waals surface area contributed by atoms with Gasteiger partial charge in [0.25, 0.3) is 0 Å². The van der Waals surface area contributed by atoms with Crippen LogP contribution in [0.1, 0.15) is 32.5 Å². The minimum Gasteiger partial charge on any atom is -0.358 e. The lowest BCUT2D eigenvalue weighted by atomic mass is 10.3. The van der Waals surface area contributed by atoms with Crippen molar-refractivity contribution in [1.29, 1.82) is 0 Å². The minimum atomic E-state index is 0.446. The van der Waals surface area contributed by atoms with Crippen LogP contribution in [0, 0.1) is 5.92 Å².